The summed E-state index contributed by atoms with van der Waals surface area (Å²) in [5.41, 5.74) is 1.74. The van der Waals surface area contributed by atoms with E-state index in [9.17, 15) is 30.3 Å². The number of phenols is 1. The molecule has 0 bridgehead atoms. The number of ether oxygens (including phenoxy) is 2. The zero-order valence-electron chi connectivity index (χ0n) is 18.7. The van der Waals surface area contributed by atoms with Gasteiger partial charge in [-0.05, 0) is 55.2 Å². The maximum absolute atomic E-state index is 11.2. The van der Waals surface area contributed by atoms with Gasteiger partial charge in [0, 0.05) is 12.6 Å². The predicted molar refractivity (Wildman–Crippen MR) is 120 cm³/mol. The van der Waals surface area contributed by atoms with E-state index < -0.39 is 42.8 Å². The van der Waals surface area contributed by atoms with Crippen molar-refractivity contribution in [3.63, 3.8) is 0 Å². The molecule has 2 aromatic carbocycles. The van der Waals surface area contributed by atoms with Crippen LogP contribution >= 0.6 is 0 Å². The van der Waals surface area contributed by atoms with Crippen LogP contribution in [0.5, 0.6) is 11.5 Å². The first-order chi connectivity index (χ1) is 16.2. The van der Waals surface area contributed by atoms with E-state index in [1.54, 1.807) is 24.3 Å². The molecule has 0 amide bonds. The van der Waals surface area contributed by atoms with E-state index in [4.69, 9.17) is 14.6 Å². The Bertz CT molecular complexity index is 921. The van der Waals surface area contributed by atoms with Crippen molar-refractivity contribution in [3.05, 3.63) is 59.7 Å². The molecular formula is C24H31NO9. The number of aryl methyl sites for hydroxylation is 1. The van der Waals surface area contributed by atoms with Gasteiger partial charge in [-0.1, -0.05) is 24.3 Å². The van der Waals surface area contributed by atoms with Gasteiger partial charge >= 0.3 is 5.97 Å². The lowest BCUT2D eigenvalue weighted by atomic mass is 9.99. The lowest BCUT2D eigenvalue weighted by Gasteiger charge is -2.38. The number of hydrogen-bond acceptors (Lipinski definition) is 9. The molecule has 34 heavy (non-hydrogen) atoms. The van der Waals surface area contributed by atoms with E-state index in [1.807, 2.05) is 19.1 Å². The number of phenolic OH excluding ortho intramolecular Hbond substituents is 1. The number of aliphatic hydroxyl groups is 4. The van der Waals surface area contributed by atoms with Crippen molar-refractivity contribution in [2.24, 2.45) is 0 Å². The third-order valence-corrected chi connectivity index (χ3v) is 5.79. The maximum Gasteiger partial charge on any atom is 0.335 e. The average molecular weight is 478 g/mol. The average Bonchev–Trinajstić information content (AvgIpc) is 2.82. The molecule has 7 N–H and O–H groups in total. The van der Waals surface area contributed by atoms with Gasteiger partial charge in [-0.15, -0.1) is 0 Å². The third kappa shape index (κ3) is 6.66. The Morgan fingerprint density at radius 1 is 1.03 bits per heavy atom. The highest BCUT2D eigenvalue weighted by Gasteiger charge is 2.48. The van der Waals surface area contributed by atoms with E-state index in [2.05, 4.69) is 5.32 Å². The fraction of sp³-hybridized carbons (Fsp3) is 0.458. The highest BCUT2D eigenvalue weighted by Crippen LogP contribution is 2.25. The number of aliphatic hydroxyl groups excluding tert-OH is 4. The number of carboxylic acids is 1. The Morgan fingerprint density at radius 2 is 1.68 bits per heavy atom. The number of nitrogens with one attached hydrogen (secondary N) is 1. The normalized spacial score (nSPS) is 26.6. The van der Waals surface area contributed by atoms with Crippen LogP contribution in [0, 0.1) is 0 Å². The third-order valence-electron chi connectivity index (χ3n) is 5.79. The molecule has 1 aliphatic rings. The SMILES string of the molecule is C[C@@H](CCc1ccc(O)cc1)NC[C@@H](O)c1ccc(O[C@@H]2O[C@H](C(=O)O)[C@@H](O)[C@H](O)[C@H]2O)cc1. The molecule has 1 fully saturated rings. The quantitative estimate of drug-likeness (QED) is 0.253. The minimum atomic E-state index is -1.79. The van der Waals surface area contributed by atoms with Crippen molar-refractivity contribution >= 4 is 5.97 Å². The van der Waals surface area contributed by atoms with Crippen LogP contribution in [0.3, 0.4) is 0 Å². The molecule has 1 saturated heterocycles. The molecule has 0 aromatic heterocycles. The lowest BCUT2D eigenvalue weighted by Crippen LogP contribution is -2.61. The maximum atomic E-state index is 11.2. The number of hydrogen-bond donors (Lipinski definition) is 7. The summed E-state index contributed by atoms with van der Waals surface area (Å²) < 4.78 is 10.6. The van der Waals surface area contributed by atoms with Crippen LogP contribution in [0.4, 0.5) is 0 Å². The van der Waals surface area contributed by atoms with Crippen LogP contribution in [-0.4, -0.2) is 79.9 Å². The lowest BCUT2D eigenvalue weighted by molar-refractivity contribution is -0.271. The molecule has 3 rings (SSSR count). The molecule has 0 saturated carbocycles. The van der Waals surface area contributed by atoms with Gasteiger partial charge in [0.15, 0.2) is 6.10 Å². The van der Waals surface area contributed by atoms with Crippen LogP contribution in [0.15, 0.2) is 48.5 Å². The van der Waals surface area contributed by atoms with Gasteiger partial charge in [0.25, 0.3) is 0 Å². The first kappa shape index (κ1) is 25.9. The monoisotopic (exact) mass is 477 g/mol. The zero-order valence-corrected chi connectivity index (χ0v) is 18.7. The minimum absolute atomic E-state index is 0.153. The number of rotatable bonds is 10. The van der Waals surface area contributed by atoms with Crippen LogP contribution in [-0.2, 0) is 16.0 Å². The van der Waals surface area contributed by atoms with Gasteiger partial charge in [0.1, 0.15) is 29.8 Å². The number of carboxylic acid groups (broad SMARTS) is 1. The molecule has 7 atom stereocenters. The van der Waals surface area contributed by atoms with E-state index in [-0.39, 0.29) is 17.5 Å². The summed E-state index contributed by atoms with van der Waals surface area (Å²) in [5.74, 6) is -1.03. The van der Waals surface area contributed by atoms with E-state index in [0.29, 0.717) is 12.1 Å². The van der Waals surface area contributed by atoms with E-state index in [0.717, 1.165) is 18.4 Å². The number of benzene rings is 2. The van der Waals surface area contributed by atoms with Crippen LogP contribution in [0.2, 0.25) is 0 Å². The van der Waals surface area contributed by atoms with Crippen LogP contribution in [0.25, 0.3) is 0 Å². The number of carbonyl (C=O) groups is 1. The van der Waals surface area contributed by atoms with Crippen LogP contribution in [0.1, 0.15) is 30.6 Å². The largest absolute Gasteiger partial charge is 0.508 e. The van der Waals surface area contributed by atoms with Gasteiger partial charge in [0.05, 0.1) is 6.10 Å². The molecule has 0 spiro atoms. The van der Waals surface area contributed by atoms with Crippen molar-refractivity contribution < 1.29 is 44.9 Å². The Morgan fingerprint density at radius 3 is 2.29 bits per heavy atom. The van der Waals surface area contributed by atoms with Crippen LogP contribution < -0.4 is 10.1 Å². The molecule has 1 heterocycles. The fourth-order valence-electron chi connectivity index (χ4n) is 3.63. The van der Waals surface area contributed by atoms with Crippen molar-refractivity contribution in [2.75, 3.05) is 6.54 Å². The molecule has 0 radical (unpaired) electrons. The van der Waals surface area contributed by atoms with Crippen molar-refractivity contribution in [1.29, 1.82) is 0 Å². The molecule has 2 aromatic rings. The van der Waals surface area contributed by atoms with Crippen molar-refractivity contribution in [3.8, 4) is 11.5 Å². The second-order valence-electron chi connectivity index (χ2n) is 8.45. The van der Waals surface area contributed by atoms with E-state index >= 15 is 0 Å². The van der Waals surface area contributed by atoms with Crippen molar-refractivity contribution in [2.45, 2.75) is 62.6 Å². The molecule has 10 nitrogen and oxygen atoms in total. The van der Waals surface area contributed by atoms with Gasteiger partial charge in [0.2, 0.25) is 6.29 Å². The Labute approximate surface area is 197 Å². The fourth-order valence-corrected chi connectivity index (χ4v) is 3.63. The second-order valence-corrected chi connectivity index (χ2v) is 8.45. The highest BCUT2D eigenvalue weighted by molar-refractivity contribution is 5.73. The first-order valence-corrected chi connectivity index (χ1v) is 11.0. The Kier molecular flexibility index (Phi) is 8.84. The topological polar surface area (TPSA) is 169 Å². The molecule has 0 aliphatic carbocycles. The Hall–Kier alpha value is -2.73. The summed E-state index contributed by atoms with van der Waals surface area (Å²) >= 11 is 0. The molecule has 186 valence electrons. The summed E-state index contributed by atoms with van der Waals surface area (Å²) in [6, 6.07) is 13.5. The van der Waals surface area contributed by atoms with E-state index in [1.165, 1.54) is 12.1 Å². The summed E-state index contributed by atoms with van der Waals surface area (Å²) in [6.45, 7) is 2.35. The number of aliphatic carboxylic acids is 1. The summed E-state index contributed by atoms with van der Waals surface area (Å²) in [4.78, 5) is 11.2. The zero-order chi connectivity index (χ0) is 24.8. The van der Waals surface area contributed by atoms with Gasteiger partial charge in [-0.2, -0.15) is 0 Å². The van der Waals surface area contributed by atoms with Gasteiger partial charge in [-0.3, -0.25) is 0 Å². The molecule has 10 heteroatoms. The highest BCUT2D eigenvalue weighted by atomic mass is 16.7. The summed E-state index contributed by atoms with van der Waals surface area (Å²) in [6.07, 6.45) is -7.52. The van der Waals surface area contributed by atoms with Crippen molar-refractivity contribution in [1.82, 2.24) is 5.32 Å². The molecule has 1 aliphatic heterocycles. The molecular weight excluding hydrogens is 446 g/mol. The standard InChI is InChI=1S/C24H31NO9/c1-13(2-3-14-4-8-16(26)9-5-14)25-12-18(27)15-6-10-17(11-7-15)33-24-21(30)19(28)20(29)22(34-24)23(31)32/h4-11,13,18-22,24-30H,2-3,12H2,1H3,(H,31,32)/t13-,18+,19-,20-,21+,22-,24+/m0/s1. The first-order valence-electron chi connectivity index (χ1n) is 11.0. The summed E-state index contributed by atoms with van der Waals surface area (Å²) in [5, 5.41) is 61.9. The predicted octanol–water partition coefficient (Wildman–Crippen LogP) is 0.307. The smallest absolute Gasteiger partial charge is 0.335 e. The second kappa shape index (κ2) is 11.6. The molecule has 0 unspecified atom stereocenters. The van der Waals surface area contributed by atoms with Gasteiger partial charge < -0.3 is 45.4 Å². The van der Waals surface area contributed by atoms with Gasteiger partial charge in [-0.25, -0.2) is 4.79 Å². The number of aromatic hydroxyl groups is 1. The minimum Gasteiger partial charge on any atom is -0.508 e. The summed E-state index contributed by atoms with van der Waals surface area (Å²) in [7, 11) is 0. The Balaban J connectivity index is 1.48.